The molecule has 11 heteroatoms. The SMILES string of the molecule is CC[C@H]1OC(=O)[C@H](C)C(=O)[C@H](C)[C@@H](OC2O[C@H](C)C[C@H](N(C)C)[C@H]2OC(=O)c2ccccc2)[C@@](C)(OC)C[C@@H](C)C(=O)C(C)=C[C@@]1(O)CC. The highest BCUT2D eigenvalue weighted by molar-refractivity contribution is 6.00. The van der Waals surface area contributed by atoms with Crippen molar-refractivity contribution in [3.8, 4) is 0 Å². The fourth-order valence-electron chi connectivity index (χ4n) is 7.18. The molecule has 0 amide bonds. The largest absolute Gasteiger partial charge is 0.458 e. The highest BCUT2D eigenvalue weighted by Gasteiger charge is 2.51. The zero-order valence-electron chi connectivity index (χ0n) is 31.1. The number of ether oxygens (including phenoxy) is 5. The van der Waals surface area contributed by atoms with E-state index in [9.17, 15) is 24.3 Å². The van der Waals surface area contributed by atoms with Gasteiger partial charge in [0.1, 0.15) is 17.6 Å². The lowest BCUT2D eigenvalue weighted by Crippen LogP contribution is -2.60. The van der Waals surface area contributed by atoms with Crippen molar-refractivity contribution < 1.29 is 48.0 Å². The van der Waals surface area contributed by atoms with Crippen LogP contribution in [0.4, 0.5) is 0 Å². The molecule has 1 fully saturated rings. The summed E-state index contributed by atoms with van der Waals surface area (Å²) in [5.74, 6) is -4.84. The Labute approximate surface area is 291 Å². The van der Waals surface area contributed by atoms with Crippen molar-refractivity contribution in [1.29, 1.82) is 0 Å². The molecule has 0 aliphatic carbocycles. The zero-order valence-corrected chi connectivity index (χ0v) is 31.1. The first-order valence-corrected chi connectivity index (χ1v) is 17.4. The Balaban J connectivity index is 2.13. The molecular weight excluding hydrogens is 630 g/mol. The average Bonchev–Trinajstić information content (AvgIpc) is 3.08. The molecule has 0 saturated carbocycles. The number of methoxy groups -OCH3 is 1. The lowest BCUT2D eigenvalue weighted by atomic mass is 9.76. The van der Waals surface area contributed by atoms with Crippen LogP contribution < -0.4 is 0 Å². The second kappa shape index (κ2) is 16.8. The number of carbonyl (C=O) groups is 4. The first kappa shape index (κ1) is 40.5. The van der Waals surface area contributed by atoms with E-state index in [1.165, 1.54) is 20.1 Å². The van der Waals surface area contributed by atoms with Gasteiger partial charge < -0.3 is 33.7 Å². The molecule has 11 atom stereocenters. The Hall–Kier alpha value is -2.96. The number of esters is 2. The number of hydrogen-bond acceptors (Lipinski definition) is 11. The molecular formula is C38H57NO10. The smallest absolute Gasteiger partial charge is 0.338 e. The lowest BCUT2D eigenvalue weighted by Gasteiger charge is -2.47. The van der Waals surface area contributed by atoms with Crippen molar-refractivity contribution in [2.75, 3.05) is 21.2 Å². The molecule has 1 aromatic carbocycles. The molecule has 0 bridgehead atoms. The topological polar surface area (TPSA) is 138 Å². The van der Waals surface area contributed by atoms with Crippen molar-refractivity contribution in [1.82, 2.24) is 4.90 Å². The second-order valence-corrected chi connectivity index (χ2v) is 14.3. The number of cyclic esters (lactones) is 1. The number of rotatable bonds is 8. The van der Waals surface area contributed by atoms with Gasteiger partial charge >= 0.3 is 11.9 Å². The van der Waals surface area contributed by atoms with Crippen LogP contribution in [-0.4, -0.2) is 103 Å². The number of Topliss-reactive ketones (excluding diaryl/α,β-unsaturated/α-hetero) is 2. The fourth-order valence-corrected chi connectivity index (χ4v) is 7.18. The minimum absolute atomic E-state index is 0.129. The van der Waals surface area contributed by atoms with Gasteiger partial charge in [0.2, 0.25) is 0 Å². The van der Waals surface area contributed by atoms with Gasteiger partial charge in [-0.1, -0.05) is 45.9 Å². The number of aliphatic hydroxyl groups is 1. The number of carbonyl (C=O) groups excluding carboxylic acids is 4. The summed E-state index contributed by atoms with van der Waals surface area (Å²) >= 11 is 0. The van der Waals surface area contributed by atoms with Crippen molar-refractivity contribution in [2.45, 2.75) is 129 Å². The highest BCUT2D eigenvalue weighted by atomic mass is 16.7. The predicted molar refractivity (Wildman–Crippen MR) is 184 cm³/mol. The highest BCUT2D eigenvalue weighted by Crippen LogP contribution is 2.38. The summed E-state index contributed by atoms with van der Waals surface area (Å²) in [6.07, 6.45) is -1.78. The summed E-state index contributed by atoms with van der Waals surface area (Å²) in [5, 5.41) is 11.6. The van der Waals surface area contributed by atoms with Gasteiger partial charge in [0, 0.05) is 18.9 Å². The van der Waals surface area contributed by atoms with Crippen LogP contribution in [0.25, 0.3) is 0 Å². The second-order valence-electron chi connectivity index (χ2n) is 14.3. The molecule has 11 nitrogen and oxygen atoms in total. The quantitative estimate of drug-likeness (QED) is 0.294. The third-order valence-electron chi connectivity index (χ3n) is 10.3. The summed E-state index contributed by atoms with van der Waals surface area (Å²) in [6, 6.07) is 8.32. The van der Waals surface area contributed by atoms with Crippen LogP contribution in [0.5, 0.6) is 0 Å². The molecule has 0 spiro atoms. The number of nitrogens with zero attached hydrogens (tertiary/aromatic N) is 1. The predicted octanol–water partition coefficient (Wildman–Crippen LogP) is 4.93. The number of likely N-dealkylation sites (N-methyl/N-ethyl adjacent to an activating group) is 1. The van der Waals surface area contributed by atoms with Crippen molar-refractivity contribution in [2.24, 2.45) is 17.8 Å². The van der Waals surface area contributed by atoms with Crippen LogP contribution in [0, 0.1) is 17.8 Å². The summed E-state index contributed by atoms with van der Waals surface area (Å²) in [7, 11) is 5.25. The van der Waals surface area contributed by atoms with Gasteiger partial charge in [-0.25, -0.2) is 4.79 Å². The first-order chi connectivity index (χ1) is 22.9. The van der Waals surface area contributed by atoms with Crippen LogP contribution in [0.3, 0.4) is 0 Å². The maximum absolute atomic E-state index is 14.2. The monoisotopic (exact) mass is 687 g/mol. The van der Waals surface area contributed by atoms with Gasteiger partial charge in [-0.2, -0.15) is 0 Å². The van der Waals surface area contributed by atoms with E-state index in [0.29, 0.717) is 17.6 Å². The van der Waals surface area contributed by atoms with Gasteiger partial charge in [0.25, 0.3) is 0 Å². The molecule has 2 heterocycles. The van der Waals surface area contributed by atoms with Crippen molar-refractivity contribution in [3.05, 3.63) is 47.5 Å². The molecule has 2 aliphatic rings. The van der Waals surface area contributed by atoms with Crippen LogP contribution in [0.1, 0.15) is 91.4 Å². The van der Waals surface area contributed by atoms with E-state index in [1.54, 1.807) is 71.9 Å². The minimum atomic E-state index is -1.61. The van der Waals surface area contributed by atoms with E-state index in [2.05, 4.69) is 0 Å². The Bertz CT molecular complexity index is 1350. The number of benzene rings is 1. The fraction of sp³-hybridized carbons (Fsp3) is 0.684. The normalized spacial score (nSPS) is 36.9. The minimum Gasteiger partial charge on any atom is -0.458 e. The summed E-state index contributed by atoms with van der Waals surface area (Å²) in [4.78, 5) is 56.8. The Morgan fingerprint density at radius 1 is 1.06 bits per heavy atom. The maximum atomic E-state index is 14.2. The van der Waals surface area contributed by atoms with Crippen LogP contribution in [0.2, 0.25) is 0 Å². The molecule has 274 valence electrons. The van der Waals surface area contributed by atoms with Crippen molar-refractivity contribution in [3.63, 3.8) is 0 Å². The average molecular weight is 688 g/mol. The maximum Gasteiger partial charge on any atom is 0.338 e. The third-order valence-corrected chi connectivity index (χ3v) is 10.3. The van der Waals surface area contributed by atoms with Gasteiger partial charge in [-0.05, 0) is 91.3 Å². The first-order valence-electron chi connectivity index (χ1n) is 17.4. The molecule has 1 N–H and O–H groups in total. The molecule has 49 heavy (non-hydrogen) atoms. The van der Waals surface area contributed by atoms with Gasteiger partial charge in [-0.3, -0.25) is 14.4 Å². The van der Waals surface area contributed by atoms with Crippen molar-refractivity contribution >= 4 is 23.5 Å². The van der Waals surface area contributed by atoms with E-state index in [-0.39, 0.29) is 37.2 Å². The number of hydrogen-bond donors (Lipinski definition) is 1. The standard InChI is InChI=1S/C38H57NO10/c1-12-29-38(44,13-2)21-23(4)30(40)22(3)20-37(8,45-11)33(25(6)31(41)26(7)34(42)47-29)49-36-32(28(39(9)10)19-24(5)46-36)48-35(43)27-17-15-14-16-18-27/h14-18,21-22,24-26,28-29,32-33,36,44H,12-13,19-20H2,1-11H3/t22-,24-,25+,26-,28+,29-,32-,33-,36?,37+,38+/m1/s1. The van der Waals surface area contributed by atoms with Gasteiger partial charge in [0.05, 0.1) is 29.4 Å². The van der Waals surface area contributed by atoms with Gasteiger partial charge in [-0.15, -0.1) is 0 Å². The van der Waals surface area contributed by atoms with E-state index < -0.39 is 71.3 Å². The number of allylic oxidation sites excluding steroid dienone is 1. The van der Waals surface area contributed by atoms with E-state index in [4.69, 9.17) is 23.7 Å². The van der Waals surface area contributed by atoms with E-state index in [0.717, 1.165) is 0 Å². The summed E-state index contributed by atoms with van der Waals surface area (Å²) < 4.78 is 31.1. The van der Waals surface area contributed by atoms with Crippen LogP contribution in [0.15, 0.2) is 42.0 Å². The molecule has 1 saturated heterocycles. The molecule has 1 unspecified atom stereocenters. The van der Waals surface area contributed by atoms with Crippen LogP contribution >= 0.6 is 0 Å². The molecule has 3 rings (SSSR count). The molecule has 2 aliphatic heterocycles. The van der Waals surface area contributed by atoms with Gasteiger partial charge in [0.15, 0.2) is 24.0 Å². The van der Waals surface area contributed by atoms with E-state index in [1.807, 2.05) is 25.9 Å². The Morgan fingerprint density at radius 3 is 2.24 bits per heavy atom. The Kier molecular flexibility index (Phi) is 13.9. The molecule has 0 aromatic heterocycles. The summed E-state index contributed by atoms with van der Waals surface area (Å²) in [6.45, 7) is 13.7. The van der Waals surface area contributed by atoms with E-state index >= 15 is 0 Å². The molecule has 0 radical (unpaired) electrons. The summed E-state index contributed by atoms with van der Waals surface area (Å²) in [5.41, 5.74) is -2.19. The zero-order chi connectivity index (χ0) is 36.8. The Morgan fingerprint density at radius 2 is 1.69 bits per heavy atom. The molecule has 1 aromatic rings. The van der Waals surface area contributed by atoms with Crippen LogP contribution in [-0.2, 0) is 38.1 Å². The third kappa shape index (κ3) is 9.24. The number of ketones is 2. The lowest BCUT2D eigenvalue weighted by molar-refractivity contribution is -0.294.